The van der Waals surface area contributed by atoms with Gasteiger partial charge in [0, 0.05) is 34.9 Å². The minimum absolute atomic E-state index is 0.546. The first-order valence-electron chi connectivity index (χ1n) is 7.55. The average Bonchev–Trinajstić information content (AvgIpc) is 2.46. The molecule has 112 valence electrons. The number of nitrogens with one attached hydrogen (secondary N) is 1. The smallest absolute Gasteiger partial charge is 0.0249 e. The lowest BCUT2D eigenvalue weighted by Crippen LogP contribution is -2.37. The van der Waals surface area contributed by atoms with Gasteiger partial charge in [-0.05, 0) is 45.0 Å². The maximum absolute atomic E-state index is 11.3. The van der Waals surface area contributed by atoms with Gasteiger partial charge in [-0.15, -0.1) is 0 Å². The predicted octanol–water partition coefficient (Wildman–Crippen LogP) is 2.01. The first-order valence-corrected chi connectivity index (χ1v) is 9.03. The molecule has 1 aliphatic rings. The van der Waals surface area contributed by atoms with Gasteiger partial charge in [0.25, 0.3) is 0 Å². The molecule has 0 spiro atoms. The van der Waals surface area contributed by atoms with Gasteiger partial charge in [-0.3, -0.25) is 4.21 Å². The second-order valence-corrected chi connectivity index (χ2v) is 7.35. The van der Waals surface area contributed by atoms with Crippen LogP contribution in [0.2, 0.25) is 0 Å². The molecule has 0 amide bonds. The van der Waals surface area contributed by atoms with Crippen molar-refractivity contribution in [3.05, 3.63) is 35.9 Å². The van der Waals surface area contributed by atoms with Crippen LogP contribution < -0.4 is 5.32 Å². The summed E-state index contributed by atoms with van der Waals surface area (Å²) in [5, 5.41) is 3.60. The predicted molar refractivity (Wildman–Crippen MR) is 86.3 cm³/mol. The topological polar surface area (TPSA) is 32.3 Å². The summed E-state index contributed by atoms with van der Waals surface area (Å²) in [4.78, 5) is 2.37. The standard InChI is InChI=1S/C16H26N2OS/c1-18(14-15-6-3-2-4-7-15)11-5-10-17-16-8-12-20(19)13-9-16/h2-4,6-7,16-17H,5,8-14H2,1H3. The molecule has 0 aromatic heterocycles. The third kappa shape index (κ3) is 5.73. The summed E-state index contributed by atoms with van der Waals surface area (Å²) in [6.07, 6.45) is 3.32. The van der Waals surface area contributed by atoms with Crippen molar-refractivity contribution in [3.63, 3.8) is 0 Å². The van der Waals surface area contributed by atoms with Gasteiger partial charge in [-0.2, -0.15) is 0 Å². The fourth-order valence-electron chi connectivity index (χ4n) is 2.63. The van der Waals surface area contributed by atoms with Gasteiger partial charge in [0.2, 0.25) is 0 Å². The van der Waals surface area contributed by atoms with Crippen molar-refractivity contribution in [2.45, 2.75) is 31.8 Å². The van der Waals surface area contributed by atoms with Crippen molar-refractivity contribution in [1.82, 2.24) is 10.2 Å². The van der Waals surface area contributed by atoms with Crippen molar-refractivity contribution >= 4 is 10.8 Å². The molecule has 1 heterocycles. The van der Waals surface area contributed by atoms with Gasteiger partial charge < -0.3 is 10.2 Å². The Bertz CT molecular complexity index is 400. The highest BCUT2D eigenvalue weighted by atomic mass is 32.2. The molecule has 2 rings (SSSR count). The Morgan fingerprint density at radius 2 is 1.95 bits per heavy atom. The van der Waals surface area contributed by atoms with Crippen LogP contribution in [0, 0.1) is 0 Å². The van der Waals surface area contributed by atoms with E-state index >= 15 is 0 Å². The van der Waals surface area contributed by atoms with Gasteiger partial charge in [-0.25, -0.2) is 0 Å². The number of hydrogen-bond donors (Lipinski definition) is 1. The van der Waals surface area contributed by atoms with Crippen molar-refractivity contribution in [3.8, 4) is 0 Å². The highest BCUT2D eigenvalue weighted by Crippen LogP contribution is 2.09. The Morgan fingerprint density at radius 1 is 1.25 bits per heavy atom. The highest BCUT2D eigenvalue weighted by Gasteiger charge is 2.16. The molecule has 1 N–H and O–H groups in total. The molecule has 0 radical (unpaired) electrons. The average molecular weight is 294 g/mol. The fourth-order valence-corrected chi connectivity index (χ4v) is 3.93. The minimum atomic E-state index is -0.546. The first kappa shape index (κ1) is 15.7. The highest BCUT2D eigenvalue weighted by molar-refractivity contribution is 7.85. The maximum Gasteiger partial charge on any atom is 0.0249 e. The summed E-state index contributed by atoms with van der Waals surface area (Å²) in [7, 11) is 1.63. The zero-order valence-corrected chi connectivity index (χ0v) is 13.2. The Balaban J connectivity index is 1.55. The number of benzene rings is 1. The number of rotatable bonds is 7. The van der Waals surface area contributed by atoms with E-state index in [0.29, 0.717) is 6.04 Å². The van der Waals surface area contributed by atoms with E-state index in [0.717, 1.165) is 44.0 Å². The second kappa shape index (κ2) is 8.55. The van der Waals surface area contributed by atoms with E-state index in [1.54, 1.807) is 0 Å². The van der Waals surface area contributed by atoms with Crippen LogP contribution in [0.15, 0.2) is 30.3 Å². The van der Waals surface area contributed by atoms with Crippen molar-refractivity contribution in [2.24, 2.45) is 0 Å². The molecule has 1 aromatic carbocycles. The Kier molecular flexibility index (Phi) is 6.70. The molecular weight excluding hydrogens is 268 g/mol. The number of hydrogen-bond acceptors (Lipinski definition) is 3. The van der Waals surface area contributed by atoms with Gasteiger partial charge in [0.05, 0.1) is 0 Å². The summed E-state index contributed by atoms with van der Waals surface area (Å²) in [6.45, 7) is 3.19. The van der Waals surface area contributed by atoms with Crippen LogP contribution in [0.1, 0.15) is 24.8 Å². The van der Waals surface area contributed by atoms with Gasteiger partial charge >= 0.3 is 0 Å². The van der Waals surface area contributed by atoms with E-state index in [1.165, 1.54) is 12.0 Å². The molecule has 0 unspecified atom stereocenters. The van der Waals surface area contributed by atoms with E-state index in [9.17, 15) is 4.21 Å². The third-order valence-corrected chi connectivity index (χ3v) is 5.21. The van der Waals surface area contributed by atoms with Crippen LogP contribution >= 0.6 is 0 Å². The summed E-state index contributed by atoms with van der Waals surface area (Å²) in [5.74, 6) is 1.76. The molecule has 4 heteroatoms. The van der Waals surface area contributed by atoms with Gasteiger partial charge in [0.15, 0.2) is 0 Å². The molecule has 0 aliphatic carbocycles. The van der Waals surface area contributed by atoms with Crippen LogP contribution in [0.5, 0.6) is 0 Å². The fraction of sp³-hybridized carbons (Fsp3) is 0.625. The molecule has 1 saturated heterocycles. The normalized spacial score (nSPS) is 23.1. The molecule has 3 nitrogen and oxygen atoms in total. The third-order valence-electron chi connectivity index (χ3n) is 3.83. The molecule has 1 aliphatic heterocycles. The second-order valence-electron chi connectivity index (χ2n) is 5.65. The van der Waals surface area contributed by atoms with E-state index < -0.39 is 10.8 Å². The zero-order valence-electron chi connectivity index (χ0n) is 12.4. The zero-order chi connectivity index (χ0) is 14.2. The van der Waals surface area contributed by atoms with Crippen LogP contribution in [0.4, 0.5) is 0 Å². The van der Waals surface area contributed by atoms with Crippen LogP contribution in [0.3, 0.4) is 0 Å². The molecule has 1 fully saturated rings. The van der Waals surface area contributed by atoms with Crippen LogP contribution in [-0.2, 0) is 17.3 Å². The quantitative estimate of drug-likeness (QED) is 0.781. The monoisotopic (exact) mass is 294 g/mol. The molecule has 1 aromatic rings. The van der Waals surface area contributed by atoms with Gasteiger partial charge in [0.1, 0.15) is 0 Å². The summed E-state index contributed by atoms with van der Waals surface area (Å²) < 4.78 is 11.3. The summed E-state index contributed by atoms with van der Waals surface area (Å²) in [6, 6.07) is 11.2. The van der Waals surface area contributed by atoms with Crippen LogP contribution in [-0.4, -0.2) is 46.8 Å². The lowest BCUT2D eigenvalue weighted by Gasteiger charge is -2.23. The lowest BCUT2D eigenvalue weighted by molar-refractivity contribution is 0.315. The molecule has 0 bridgehead atoms. The van der Waals surface area contributed by atoms with E-state index in [4.69, 9.17) is 0 Å². The van der Waals surface area contributed by atoms with Crippen LogP contribution in [0.25, 0.3) is 0 Å². The molecular formula is C16H26N2OS. The number of nitrogens with zero attached hydrogens (tertiary/aromatic N) is 1. The Labute approximate surface area is 125 Å². The van der Waals surface area contributed by atoms with E-state index in [2.05, 4.69) is 47.6 Å². The first-order chi connectivity index (χ1) is 9.74. The molecule has 20 heavy (non-hydrogen) atoms. The van der Waals surface area contributed by atoms with Crippen molar-refractivity contribution in [2.75, 3.05) is 31.6 Å². The Hall–Kier alpha value is -0.710. The minimum Gasteiger partial charge on any atom is -0.314 e. The Morgan fingerprint density at radius 3 is 2.65 bits per heavy atom. The van der Waals surface area contributed by atoms with E-state index in [-0.39, 0.29) is 0 Å². The summed E-state index contributed by atoms with van der Waals surface area (Å²) in [5.41, 5.74) is 1.37. The van der Waals surface area contributed by atoms with Crippen molar-refractivity contribution < 1.29 is 4.21 Å². The van der Waals surface area contributed by atoms with E-state index in [1.807, 2.05) is 0 Å². The molecule has 0 atom stereocenters. The maximum atomic E-state index is 11.3. The van der Waals surface area contributed by atoms with Gasteiger partial charge in [-0.1, -0.05) is 30.3 Å². The molecule has 0 saturated carbocycles. The SMILES string of the molecule is CN(CCCNC1CCS(=O)CC1)Cc1ccccc1. The largest absolute Gasteiger partial charge is 0.314 e. The lowest BCUT2D eigenvalue weighted by atomic mass is 10.1. The van der Waals surface area contributed by atoms with Crippen molar-refractivity contribution in [1.29, 1.82) is 0 Å². The summed E-state index contributed by atoms with van der Waals surface area (Å²) >= 11 is 0.